The smallest absolute Gasteiger partial charge is 0.343 e. The standard InChI is InChI=1S/C17H22O2/c1-12(2)15-10-9-13(3)11-16(15)19-17(18)14-7-5-4-6-8-14/h4-8,12-13H,9-11H2,1-3H3. The van der Waals surface area contributed by atoms with Crippen LogP contribution in [0.5, 0.6) is 0 Å². The van der Waals surface area contributed by atoms with E-state index < -0.39 is 0 Å². The fraction of sp³-hybridized carbons (Fsp3) is 0.471. The highest BCUT2D eigenvalue weighted by Gasteiger charge is 2.23. The molecule has 0 saturated carbocycles. The highest BCUT2D eigenvalue weighted by molar-refractivity contribution is 5.90. The van der Waals surface area contributed by atoms with Gasteiger partial charge in [0.2, 0.25) is 0 Å². The molecule has 19 heavy (non-hydrogen) atoms. The molecule has 2 rings (SSSR count). The number of carbonyl (C=O) groups is 1. The molecule has 1 atom stereocenters. The molecular formula is C17H22O2. The highest BCUT2D eigenvalue weighted by atomic mass is 16.5. The second-order valence-electron chi connectivity index (χ2n) is 5.71. The van der Waals surface area contributed by atoms with Crippen molar-refractivity contribution in [3.05, 3.63) is 47.2 Å². The molecule has 1 aromatic carbocycles. The zero-order valence-electron chi connectivity index (χ0n) is 12.0. The molecule has 0 heterocycles. The van der Waals surface area contributed by atoms with Crippen molar-refractivity contribution in [3.8, 4) is 0 Å². The summed E-state index contributed by atoms with van der Waals surface area (Å²) in [6.45, 7) is 6.55. The molecule has 102 valence electrons. The number of ether oxygens (including phenoxy) is 1. The summed E-state index contributed by atoms with van der Waals surface area (Å²) >= 11 is 0. The van der Waals surface area contributed by atoms with Gasteiger partial charge in [0.05, 0.1) is 5.56 Å². The van der Waals surface area contributed by atoms with Gasteiger partial charge in [-0.2, -0.15) is 0 Å². The summed E-state index contributed by atoms with van der Waals surface area (Å²) in [5, 5.41) is 0. The Bertz CT molecular complexity index is 471. The Labute approximate surface area is 115 Å². The van der Waals surface area contributed by atoms with E-state index >= 15 is 0 Å². The maximum absolute atomic E-state index is 12.1. The molecule has 0 radical (unpaired) electrons. The van der Waals surface area contributed by atoms with Gasteiger partial charge < -0.3 is 4.74 Å². The van der Waals surface area contributed by atoms with E-state index in [1.165, 1.54) is 12.0 Å². The molecule has 1 aliphatic carbocycles. The molecule has 0 amide bonds. The van der Waals surface area contributed by atoms with Gasteiger partial charge >= 0.3 is 5.97 Å². The molecular weight excluding hydrogens is 236 g/mol. The van der Waals surface area contributed by atoms with Crippen molar-refractivity contribution < 1.29 is 9.53 Å². The van der Waals surface area contributed by atoms with E-state index in [1.807, 2.05) is 18.2 Å². The third-order valence-electron chi connectivity index (χ3n) is 3.72. The summed E-state index contributed by atoms with van der Waals surface area (Å²) in [4.78, 5) is 12.1. The topological polar surface area (TPSA) is 26.3 Å². The molecule has 2 nitrogen and oxygen atoms in total. The van der Waals surface area contributed by atoms with Gasteiger partial charge in [-0.1, -0.05) is 39.0 Å². The third kappa shape index (κ3) is 3.46. The van der Waals surface area contributed by atoms with Crippen molar-refractivity contribution in [3.63, 3.8) is 0 Å². The number of hydrogen-bond acceptors (Lipinski definition) is 2. The molecule has 0 spiro atoms. The molecule has 1 aromatic rings. The lowest BCUT2D eigenvalue weighted by Crippen LogP contribution is -2.16. The van der Waals surface area contributed by atoms with E-state index in [2.05, 4.69) is 20.8 Å². The van der Waals surface area contributed by atoms with Gasteiger partial charge in [-0.3, -0.25) is 0 Å². The lowest BCUT2D eigenvalue weighted by molar-refractivity contribution is 0.0591. The summed E-state index contributed by atoms with van der Waals surface area (Å²) in [7, 11) is 0. The molecule has 0 bridgehead atoms. The Hall–Kier alpha value is -1.57. The molecule has 2 heteroatoms. The lowest BCUT2D eigenvalue weighted by atomic mass is 9.84. The first kappa shape index (κ1) is 13.9. The van der Waals surface area contributed by atoms with Crippen LogP contribution in [0.1, 0.15) is 50.4 Å². The van der Waals surface area contributed by atoms with Crippen LogP contribution in [0.4, 0.5) is 0 Å². The van der Waals surface area contributed by atoms with Crippen molar-refractivity contribution >= 4 is 5.97 Å². The van der Waals surface area contributed by atoms with Gasteiger partial charge in [-0.25, -0.2) is 4.79 Å². The monoisotopic (exact) mass is 258 g/mol. The van der Waals surface area contributed by atoms with Crippen LogP contribution in [0, 0.1) is 11.8 Å². The molecule has 1 unspecified atom stereocenters. The number of esters is 1. The normalized spacial score (nSPS) is 19.7. The van der Waals surface area contributed by atoms with E-state index in [0.29, 0.717) is 17.4 Å². The fourth-order valence-electron chi connectivity index (χ4n) is 2.55. The molecule has 0 aromatic heterocycles. The molecule has 0 fully saturated rings. The van der Waals surface area contributed by atoms with Crippen LogP contribution >= 0.6 is 0 Å². The van der Waals surface area contributed by atoms with Crippen LogP contribution in [0.2, 0.25) is 0 Å². The van der Waals surface area contributed by atoms with Crippen molar-refractivity contribution in [2.45, 2.75) is 40.0 Å². The van der Waals surface area contributed by atoms with Crippen LogP contribution < -0.4 is 0 Å². The number of benzene rings is 1. The molecule has 0 N–H and O–H groups in total. The fourth-order valence-corrected chi connectivity index (χ4v) is 2.55. The maximum atomic E-state index is 12.1. The van der Waals surface area contributed by atoms with Crippen LogP contribution in [0.15, 0.2) is 41.7 Å². The van der Waals surface area contributed by atoms with Crippen molar-refractivity contribution in [1.29, 1.82) is 0 Å². The number of allylic oxidation sites excluding steroid dienone is 2. The van der Waals surface area contributed by atoms with Gasteiger partial charge in [0.25, 0.3) is 0 Å². The van der Waals surface area contributed by atoms with E-state index in [0.717, 1.165) is 18.6 Å². The summed E-state index contributed by atoms with van der Waals surface area (Å²) in [5.74, 6) is 1.72. The van der Waals surface area contributed by atoms with Crippen molar-refractivity contribution in [2.24, 2.45) is 11.8 Å². The van der Waals surface area contributed by atoms with E-state index in [1.54, 1.807) is 12.1 Å². The minimum Gasteiger partial charge on any atom is -0.428 e. The number of hydrogen-bond donors (Lipinski definition) is 0. The lowest BCUT2D eigenvalue weighted by Gasteiger charge is -2.26. The quantitative estimate of drug-likeness (QED) is 0.742. The van der Waals surface area contributed by atoms with Crippen LogP contribution in [0.25, 0.3) is 0 Å². The minimum atomic E-state index is -0.233. The van der Waals surface area contributed by atoms with Crippen molar-refractivity contribution in [2.75, 3.05) is 0 Å². The summed E-state index contributed by atoms with van der Waals surface area (Å²) < 4.78 is 5.66. The Kier molecular flexibility index (Phi) is 4.41. The van der Waals surface area contributed by atoms with Crippen LogP contribution in [0.3, 0.4) is 0 Å². The molecule has 1 aliphatic rings. The van der Waals surface area contributed by atoms with Gasteiger partial charge in [0, 0.05) is 6.42 Å². The average Bonchev–Trinajstić information content (AvgIpc) is 2.39. The SMILES string of the molecule is CC1CCC(C(C)C)=C(OC(=O)c2ccccc2)C1. The predicted octanol–water partition coefficient (Wildman–Crippen LogP) is 4.57. The molecule has 0 saturated heterocycles. The number of carbonyl (C=O) groups excluding carboxylic acids is 1. The Morgan fingerprint density at radius 3 is 2.58 bits per heavy atom. The Morgan fingerprint density at radius 2 is 1.95 bits per heavy atom. The predicted molar refractivity (Wildman–Crippen MR) is 76.7 cm³/mol. The average molecular weight is 258 g/mol. The van der Waals surface area contributed by atoms with Crippen LogP contribution in [-0.4, -0.2) is 5.97 Å². The second kappa shape index (κ2) is 6.05. The number of rotatable bonds is 3. The Morgan fingerprint density at radius 1 is 1.26 bits per heavy atom. The molecule has 0 aliphatic heterocycles. The van der Waals surface area contributed by atoms with Crippen molar-refractivity contribution in [1.82, 2.24) is 0 Å². The Balaban J connectivity index is 2.17. The minimum absolute atomic E-state index is 0.233. The first-order valence-electron chi connectivity index (χ1n) is 7.07. The van der Waals surface area contributed by atoms with Gasteiger partial charge in [-0.15, -0.1) is 0 Å². The zero-order valence-corrected chi connectivity index (χ0v) is 12.0. The first-order chi connectivity index (χ1) is 9.08. The van der Waals surface area contributed by atoms with Gasteiger partial charge in [-0.05, 0) is 42.4 Å². The maximum Gasteiger partial charge on any atom is 0.343 e. The summed E-state index contributed by atoms with van der Waals surface area (Å²) in [6, 6.07) is 9.21. The summed E-state index contributed by atoms with van der Waals surface area (Å²) in [5.41, 5.74) is 1.93. The van der Waals surface area contributed by atoms with Gasteiger partial charge in [0.15, 0.2) is 0 Å². The van der Waals surface area contributed by atoms with E-state index in [4.69, 9.17) is 4.74 Å². The van der Waals surface area contributed by atoms with E-state index in [-0.39, 0.29) is 5.97 Å². The van der Waals surface area contributed by atoms with Crippen LogP contribution in [-0.2, 0) is 4.74 Å². The third-order valence-corrected chi connectivity index (χ3v) is 3.72. The van der Waals surface area contributed by atoms with Gasteiger partial charge in [0.1, 0.15) is 5.76 Å². The largest absolute Gasteiger partial charge is 0.428 e. The van der Waals surface area contributed by atoms with E-state index in [9.17, 15) is 4.79 Å². The highest BCUT2D eigenvalue weighted by Crippen LogP contribution is 2.34. The second-order valence-corrected chi connectivity index (χ2v) is 5.71. The first-order valence-corrected chi connectivity index (χ1v) is 7.07. The zero-order chi connectivity index (χ0) is 13.8. The summed E-state index contributed by atoms with van der Waals surface area (Å²) in [6.07, 6.45) is 3.13.